The molecule has 0 radical (unpaired) electrons. The summed E-state index contributed by atoms with van der Waals surface area (Å²) in [5.41, 5.74) is 7.89. The van der Waals surface area contributed by atoms with Gasteiger partial charge in [-0.3, -0.25) is 33.4 Å². The first-order chi connectivity index (χ1) is 40.2. The molecule has 22 heteroatoms. The summed E-state index contributed by atoms with van der Waals surface area (Å²) in [6.45, 7) is 16.5. The quantitative estimate of drug-likeness (QED) is 0.0410. The molecule has 1 saturated carbocycles. The molecule has 2 aromatic carbocycles. The fraction of sp³-hybridized carbons (Fsp3) is 0.492. The minimum Gasteiger partial charge on any atom is -0.491 e. The number of benzene rings is 2. The van der Waals surface area contributed by atoms with E-state index in [0.717, 1.165) is 91.4 Å². The molecule has 3 unspecified atom stereocenters. The minimum atomic E-state index is -0.914. The minimum absolute atomic E-state index is 0.000495. The lowest BCUT2D eigenvalue weighted by Gasteiger charge is -2.35. The van der Waals surface area contributed by atoms with E-state index in [1.165, 1.54) is 23.2 Å². The summed E-state index contributed by atoms with van der Waals surface area (Å²) in [5.74, 6) is 0.0520. The third kappa shape index (κ3) is 13.6. The molecule has 3 fully saturated rings. The SMILES string of the molecule is CC(=O)c1c(C)c2cnc(Nc3ccc(N4CCN(CCOCCOCCOCCOc5cc(-c6scnc6C)ccc5CNC(=O)C5CC(O)CN5C(=O)C(C(C)C)N5Cc6ccccc6C5=O)CC4)cn3)nc2n(C2CCCC2)c1=O. The number of ketones is 1. The number of hydrogen-bond donors (Lipinski definition) is 3. The lowest BCUT2D eigenvalue weighted by atomic mass is 10.0. The van der Waals surface area contributed by atoms with Crippen molar-refractivity contribution in [2.75, 3.05) is 95.7 Å². The Hall–Kier alpha value is -7.21. The van der Waals surface area contributed by atoms with Gasteiger partial charge in [0.1, 0.15) is 35.9 Å². The average molecular weight is 1150 g/mol. The molecule has 6 aromatic rings. The van der Waals surface area contributed by atoms with Gasteiger partial charge in [-0.15, -0.1) is 11.3 Å². The molecule has 440 valence electrons. The van der Waals surface area contributed by atoms with Crippen molar-refractivity contribution in [2.24, 2.45) is 5.92 Å². The van der Waals surface area contributed by atoms with Crippen LogP contribution in [0, 0.1) is 19.8 Å². The highest BCUT2D eigenvalue weighted by atomic mass is 32.1. The number of nitrogens with zero attached hydrogens (tertiary/aromatic N) is 9. The number of β-amino-alcohol motifs (C(OH)–C–C–N with tert-alkyl or cyclic N) is 1. The number of thiazole rings is 1. The van der Waals surface area contributed by atoms with Crippen LogP contribution in [0.2, 0.25) is 0 Å². The number of likely N-dealkylation sites (tertiary alicyclic amines) is 1. The van der Waals surface area contributed by atoms with E-state index < -0.39 is 24.1 Å². The van der Waals surface area contributed by atoms with Crippen molar-refractivity contribution in [3.05, 3.63) is 116 Å². The van der Waals surface area contributed by atoms with Crippen molar-refractivity contribution >= 4 is 63.3 Å². The van der Waals surface area contributed by atoms with Gasteiger partial charge in [0.2, 0.25) is 17.8 Å². The smallest absolute Gasteiger partial charge is 0.263 e. The Morgan fingerprint density at radius 2 is 1.59 bits per heavy atom. The summed E-state index contributed by atoms with van der Waals surface area (Å²) in [5, 5.41) is 17.7. The van der Waals surface area contributed by atoms with Gasteiger partial charge < -0.3 is 49.4 Å². The van der Waals surface area contributed by atoms with Crippen LogP contribution >= 0.6 is 11.3 Å². The van der Waals surface area contributed by atoms with Crippen molar-refractivity contribution < 1.29 is 43.2 Å². The number of carbonyl (C=O) groups excluding carboxylic acids is 4. The standard InChI is InChI=1S/C61H75N11O10S/c1-38(2)54(71-35-44-10-6-9-13-48(44)58(71)76)60(78)70-36-47(74)31-50(70)57(75)63-32-43-15-14-42(55-40(4)65-37-83-55)30-51(43)82-29-28-81-27-26-80-25-24-79-23-22-68-18-20-69(21-19-68)46-16-17-52(62-33-46)66-61-64-34-49-39(3)53(41(5)73)59(77)72(56(49)67-61)45-11-7-8-12-45/h6,9-10,13-17,30,33-34,37-38,45,47,50,54,74H,7-8,11-12,18-29,31-32,35-36H2,1-5H3,(H,63,75)(H,62,64,66,67). The molecule has 7 heterocycles. The lowest BCUT2D eigenvalue weighted by molar-refractivity contribution is -0.143. The molecular formula is C61H75N11O10S. The highest BCUT2D eigenvalue weighted by Crippen LogP contribution is 2.35. The normalized spacial score (nSPS) is 17.9. The van der Waals surface area contributed by atoms with E-state index in [1.54, 1.807) is 34.2 Å². The fourth-order valence-electron chi connectivity index (χ4n) is 11.9. The number of hydrogen-bond acceptors (Lipinski definition) is 18. The van der Waals surface area contributed by atoms with Gasteiger partial charge in [-0.2, -0.15) is 4.98 Å². The fourth-order valence-corrected chi connectivity index (χ4v) is 12.7. The molecule has 21 nitrogen and oxygen atoms in total. The summed E-state index contributed by atoms with van der Waals surface area (Å²) < 4.78 is 25.5. The van der Waals surface area contributed by atoms with Crippen LogP contribution in [0.1, 0.15) is 102 Å². The molecule has 3 atom stereocenters. The molecule has 1 aliphatic carbocycles. The monoisotopic (exact) mass is 1150 g/mol. The van der Waals surface area contributed by atoms with Crippen molar-refractivity contribution in [3.63, 3.8) is 0 Å². The van der Waals surface area contributed by atoms with Crippen molar-refractivity contribution in [3.8, 4) is 16.2 Å². The Balaban J connectivity index is 0.620. The molecule has 4 aromatic heterocycles. The van der Waals surface area contributed by atoms with E-state index in [2.05, 4.69) is 35.4 Å². The average Bonchev–Trinajstić information content (AvgIpc) is 4.12. The second-order valence-corrected chi connectivity index (χ2v) is 23.0. The van der Waals surface area contributed by atoms with Crippen LogP contribution in [-0.4, -0.2) is 172 Å². The first kappa shape index (κ1) is 59.0. The van der Waals surface area contributed by atoms with E-state index in [-0.39, 0.29) is 66.8 Å². The number of piperazine rings is 1. The van der Waals surface area contributed by atoms with E-state index >= 15 is 0 Å². The highest BCUT2D eigenvalue weighted by Gasteiger charge is 2.46. The molecule has 3 N–H and O–H groups in total. The second kappa shape index (κ2) is 27.0. The highest BCUT2D eigenvalue weighted by molar-refractivity contribution is 7.13. The van der Waals surface area contributed by atoms with Gasteiger partial charge in [-0.05, 0) is 80.5 Å². The molecule has 4 aliphatic rings. The molecule has 0 spiro atoms. The number of amides is 3. The zero-order valence-corrected chi connectivity index (χ0v) is 48.8. The lowest BCUT2D eigenvalue weighted by Crippen LogP contribution is -2.55. The van der Waals surface area contributed by atoms with E-state index in [9.17, 15) is 29.1 Å². The van der Waals surface area contributed by atoms with Crippen molar-refractivity contribution in [2.45, 2.75) is 104 Å². The van der Waals surface area contributed by atoms with Gasteiger partial charge in [0.05, 0.1) is 79.3 Å². The van der Waals surface area contributed by atoms with Crippen LogP contribution in [0.25, 0.3) is 21.5 Å². The van der Waals surface area contributed by atoms with E-state index in [0.29, 0.717) is 85.9 Å². The topological polar surface area (TPSA) is 236 Å². The van der Waals surface area contributed by atoms with E-state index in [1.807, 2.05) is 75.5 Å². The number of aliphatic hydroxyl groups is 1. The Bertz CT molecular complexity index is 3340. The Morgan fingerprint density at radius 3 is 2.28 bits per heavy atom. The third-order valence-corrected chi connectivity index (χ3v) is 17.2. The number of fused-ring (bicyclic) bond motifs is 2. The maximum atomic E-state index is 14.3. The number of anilines is 3. The zero-order chi connectivity index (χ0) is 58.1. The molecule has 3 amide bonds. The molecule has 3 aliphatic heterocycles. The maximum absolute atomic E-state index is 14.3. The first-order valence-corrected chi connectivity index (χ1v) is 29.8. The van der Waals surface area contributed by atoms with Crippen LogP contribution < -0.4 is 25.8 Å². The number of pyridine rings is 2. The summed E-state index contributed by atoms with van der Waals surface area (Å²) in [4.78, 5) is 95.0. The van der Waals surface area contributed by atoms with Crippen LogP contribution in [0.5, 0.6) is 5.75 Å². The summed E-state index contributed by atoms with van der Waals surface area (Å²) in [6.07, 6.45) is 6.55. The predicted octanol–water partition coefficient (Wildman–Crippen LogP) is 6.50. The summed E-state index contributed by atoms with van der Waals surface area (Å²) >= 11 is 1.53. The van der Waals surface area contributed by atoms with Crippen LogP contribution in [0.4, 0.5) is 17.5 Å². The largest absolute Gasteiger partial charge is 0.491 e. The maximum Gasteiger partial charge on any atom is 0.263 e. The number of Topliss-reactive ketones (excluding diaryl/α,β-unsaturated/α-hetero) is 1. The Morgan fingerprint density at radius 1 is 0.855 bits per heavy atom. The van der Waals surface area contributed by atoms with Gasteiger partial charge in [0, 0.05) is 87.5 Å². The van der Waals surface area contributed by atoms with Gasteiger partial charge in [-0.25, -0.2) is 15.0 Å². The number of aryl methyl sites for hydroxylation is 2. The van der Waals surface area contributed by atoms with Crippen molar-refractivity contribution in [1.29, 1.82) is 0 Å². The Labute approximate surface area is 487 Å². The number of carbonyl (C=O) groups is 4. The predicted molar refractivity (Wildman–Crippen MR) is 315 cm³/mol. The van der Waals surface area contributed by atoms with Crippen LogP contribution in [-0.2, 0) is 36.9 Å². The number of aromatic nitrogens is 5. The molecular weight excluding hydrogens is 1080 g/mol. The van der Waals surface area contributed by atoms with E-state index in [4.69, 9.17) is 23.9 Å². The van der Waals surface area contributed by atoms with Gasteiger partial charge in [0.25, 0.3) is 11.5 Å². The summed E-state index contributed by atoms with van der Waals surface area (Å²) in [7, 11) is 0. The van der Waals surface area contributed by atoms with Crippen LogP contribution in [0.15, 0.2) is 77.3 Å². The molecule has 10 rings (SSSR count). The van der Waals surface area contributed by atoms with Gasteiger partial charge >= 0.3 is 0 Å². The van der Waals surface area contributed by atoms with Crippen LogP contribution in [0.3, 0.4) is 0 Å². The third-order valence-electron chi connectivity index (χ3n) is 16.2. The first-order valence-electron chi connectivity index (χ1n) is 28.9. The molecule has 83 heavy (non-hydrogen) atoms. The molecule has 2 saturated heterocycles. The Kier molecular flexibility index (Phi) is 19.2. The summed E-state index contributed by atoms with van der Waals surface area (Å²) in [6, 6.07) is 15.4. The number of aliphatic hydroxyl groups excluding tert-OH is 1. The number of rotatable bonds is 25. The number of nitrogens with one attached hydrogen (secondary N) is 2. The van der Waals surface area contributed by atoms with Crippen molar-refractivity contribution in [1.82, 2.24) is 44.5 Å². The number of ether oxygens (including phenoxy) is 4. The second-order valence-electron chi connectivity index (χ2n) is 22.1. The zero-order valence-electron chi connectivity index (χ0n) is 48.0. The molecule has 0 bridgehead atoms. The van der Waals surface area contributed by atoms with Gasteiger partial charge in [-0.1, -0.05) is 57.0 Å². The van der Waals surface area contributed by atoms with Gasteiger partial charge in [0.15, 0.2) is 5.78 Å².